The monoisotopic (exact) mass is 850 g/mol. The molecule has 15 nitrogen and oxygen atoms in total. The minimum Gasteiger partial charge on any atom is -0.497 e. The van der Waals surface area contributed by atoms with Crippen molar-refractivity contribution in [1.29, 1.82) is 0 Å². The van der Waals surface area contributed by atoms with Crippen molar-refractivity contribution in [3.8, 4) is 5.75 Å². The number of amides is 1. The smallest absolute Gasteiger partial charge is 0.312 e. The van der Waals surface area contributed by atoms with E-state index in [1.165, 1.54) is 13.8 Å². The fourth-order valence-electron chi connectivity index (χ4n) is 8.66. The van der Waals surface area contributed by atoms with Gasteiger partial charge in [0.2, 0.25) is 5.91 Å². The molecule has 15 atom stereocenters. The quantitative estimate of drug-likeness (QED) is 0.127. The number of hydrogen-bond acceptors (Lipinski definition) is 14. The van der Waals surface area contributed by atoms with Gasteiger partial charge in [0.05, 0.1) is 55.9 Å². The second kappa shape index (κ2) is 22.8. The van der Waals surface area contributed by atoms with Gasteiger partial charge in [-0.05, 0) is 99.0 Å². The molecule has 60 heavy (non-hydrogen) atoms. The highest BCUT2D eigenvalue weighted by molar-refractivity contribution is 5.79. The average molecular weight is 850 g/mol. The molecule has 1 amide bonds. The van der Waals surface area contributed by atoms with Crippen molar-refractivity contribution in [2.45, 2.75) is 167 Å². The maximum absolute atomic E-state index is 14.2. The number of hydrogen-bond donors (Lipinski definition) is 5. The minimum absolute atomic E-state index is 0.0209. The number of aliphatic hydroxyl groups is 3. The second-order valence-electron chi connectivity index (χ2n) is 17.7. The molecule has 2 fully saturated rings. The van der Waals surface area contributed by atoms with E-state index < -0.39 is 89.7 Å². The highest BCUT2D eigenvalue weighted by Gasteiger charge is 2.52. The Morgan fingerprint density at radius 3 is 2.33 bits per heavy atom. The lowest BCUT2D eigenvalue weighted by molar-refractivity contribution is -0.302. The summed E-state index contributed by atoms with van der Waals surface area (Å²) in [6.07, 6.45) is -4.59. The standard InChI is InChI=1S/C45H75N3O12/c1-14-22-56-44(9)25-27(4)47-41(52)31(8)39(51)45(10,54)35(15-2)58-42(53)30(7)38(29(6)40(44)60-43-37(50)34(48(11)12)24-28(5)57-43)59-36(49)20-21-46-26(3)23-32-16-18-33(55-13)19-17-32/h14,16-19,26-31,34-35,37-40,43,46,50-51,54H,1,15,20-25H2,2-13H3,(H,47,52)/t26?,27-,28-,29+,30-,31-,34+,35-,37-,38+,39-,40-,43+,44-,45-/m1/s1. The number of aliphatic hydroxyl groups excluding tert-OH is 2. The molecule has 342 valence electrons. The van der Waals surface area contributed by atoms with Gasteiger partial charge >= 0.3 is 11.9 Å². The minimum atomic E-state index is -2.03. The van der Waals surface area contributed by atoms with Crippen molar-refractivity contribution in [1.82, 2.24) is 15.5 Å². The molecule has 1 aromatic rings. The van der Waals surface area contributed by atoms with Gasteiger partial charge in [0.25, 0.3) is 0 Å². The summed E-state index contributed by atoms with van der Waals surface area (Å²) in [7, 11) is 5.36. The maximum atomic E-state index is 14.2. The second-order valence-corrected chi connectivity index (χ2v) is 17.7. The van der Waals surface area contributed by atoms with E-state index in [1.807, 2.05) is 57.1 Å². The summed E-state index contributed by atoms with van der Waals surface area (Å²) >= 11 is 0. The molecule has 15 heteroatoms. The van der Waals surface area contributed by atoms with Crippen LogP contribution in [0.15, 0.2) is 36.9 Å². The number of methoxy groups -OCH3 is 1. The van der Waals surface area contributed by atoms with Crippen LogP contribution >= 0.6 is 0 Å². The van der Waals surface area contributed by atoms with Crippen molar-refractivity contribution >= 4 is 17.8 Å². The van der Waals surface area contributed by atoms with E-state index in [0.29, 0.717) is 12.8 Å². The molecule has 2 heterocycles. The molecule has 1 unspecified atom stereocenters. The molecule has 0 aromatic heterocycles. The lowest BCUT2D eigenvalue weighted by Gasteiger charge is -2.48. The molecule has 5 N–H and O–H groups in total. The Balaban J connectivity index is 2.09. The van der Waals surface area contributed by atoms with E-state index in [4.69, 9.17) is 28.4 Å². The highest BCUT2D eigenvalue weighted by atomic mass is 16.7. The van der Waals surface area contributed by atoms with Gasteiger partial charge in [0.15, 0.2) is 6.29 Å². The third kappa shape index (κ3) is 13.4. The first-order valence-electron chi connectivity index (χ1n) is 21.5. The molecule has 0 aliphatic carbocycles. The largest absolute Gasteiger partial charge is 0.497 e. The van der Waals surface area contributed by atoms with Gasteiger partial charge < -0.3 is 59.3 Å². The zero-order chi connectivity index (χ0) is 45.1. The lowest BCUT2D eigenvalue weighted by Crippen LogP contribution is -2.60. The van der Waals surface area contributed by atoms with Crippen molar-refractivity contribution in [3.63, 3.8) is 0 Å². The summed E-state index contributed by atoms with van der Waals surface area (Å²) in [6.45, 7) is 19.6. The van der Waals surface area contributed by atoms with Gasteiger partial charge in [-0.2, -0.15) is 0 Å². The molecule has 0 spiro atoms. The topological polar surface area (TPSA) is 195 Å². The maximum Gasteiger partial charge on any atom is 0.312 e. The molecule has 2 saturated heterocycles. The predicted molar refractivity (Wildman–Crippen MR) is 227 cm³/mol. The number of carbonyl (C=O) groups excluding carboxylic acids is 3. The van der Waals surface area contributed by atoms with Crippen molar-refractivity contribution in [2.75, 3.05) is 34.4 Å². The number of esters is 2. The molecule has 0 radical (unpaired) electrons. The Kier molecular flexibility index (Phi) is 19.5. The summed E-state index contributed by atoms with van der Waals surface area (Å²) in [6, 6.07) is 6.89. The fourth-order valence-corrected chi connectivity index (χ4v) is 8.66. The summed E-state index contributed by atoms with van der Waals surface area (Å²) in [5.74, 6) is -4.23. The molecule has 0 saturated carbocycles. The van der Waals surface area contributed by atoms with Crippen LogP contribution in [0.1, 0.15) is 93.6 Å². The third-order valence-electron chi connectivity index (χ3n) is 12.2. The first-order valence-corrected chi connectivity index (χ1v) is 21.5. The molecule has 0 bridgehead atoms. The molecule has 3 rings (SSSR count). The molecule has 2 aliphatic rings. The highest BCUT2D eigenvalue weighted by Crippen LogP contribution is 2.38. The first-order chi connectivity index (χ1) is 28.1. The van der Waals surface area contributed by atoms with Gasteiger partial charge in [0, 0.05) is 30.6 Å². The Morgan fingerprint density at radius 2 is 1.75 bits per heavy atom. The van der Waals surface area contributed by atoms with Crippen LogP contribution in [0.4, 0.5) is 0 Å². The number of likely N-dealkylation sites (N-methyl/N-ethyl adjacent to an activating group) is 1. The van der Waals surface area contributed by atoms with Gasteiger partial charge in [-0.15, -0.1) is 6.58 Å². The van der Waals surface area contributed by atoms with Crippen LogP contribution in [-0.4, -0.2) is 145 Å². The van der Waals surface area contributed by atoms with Crippen LogP contribution in [0.5, 0.6) is 5.75 Å². The zero-order valence-corrected chi connectivity index (χ0v) is 38.0. The van der Waals surface area contributed by atoms with Crippen LogP contribution < -0.4 is 15.4 Å². The van der Waals surface area contributed by atoms with Crippen molar-refractivity contribution in [2.24, 2.45) is 17.8 Å². The first kappa shape index (κ1) is 51.2. The van der Waals surface area contributed by atoms with E-state index in [0.717, 1.165) is 11.3 Å². The van der Waals surface area contributed by atoms with Gasteiger partial charge in [-0.3, -0.25) is 14.4 Å². The number of nitrogens with one attached hydrogen (secondary N) is 2. The Morgan fingerprint density at radius 1 is 1.10 bits per heavy atom. The summed E-state index contributed by atoms with van der Waals surface area (Å²) in [5, 5.41) is 41.1. The van der Waals surface area contributed by atoms with E-state index in [9.17, 15) is 29.7 Å². The van der Waals surface area contributed by atoms with Crippen LogP contribution in [0.2, 0.25) is 0 Å². The zero-order valence-electron chi connectivity index (χ0n) is 38.0. The number of nitrogens with zero attached hydrogens (tertiary/aromatic N) is 1. The van der Waals surface area contributed by atoms with Crippen molar-refractivity contribution < 1.29 is 58.1 Å². The Hall–Kier alpha value is -3.15. The van der Waals surface area contributed by atoms with E-state index in [2.05, 4.69) is 17.2 Å². The lowest BCUT2D eigenvalue weighted by atomic mass is 9.78. The van der Waals surface area contributed by atoms with Crippen LogP contribution in [0, 0.1) is 17.8 Å². The third-order valence-corrected chi connectivity index (χ3v) is 12.2. The summed E-state index contributed by atoms with van der Waals surface area (Å²) in [5.41, 5.74) is -2.23. The van der Waals surface area contributed by atoms with Crippen LogP contribution in [0.3, 0.4) is 0 Å². The Labute approximate surface area is 357 Å². The SMILES string of the molecule is C=CCO[C@]1(C)C[C@@H](C)NC(=O)[C@H](C)[C@@H](O)[C@](C)(O)[C@@H](CC)OC(=O)[C@H](C)[C@@H](OC(=O)CCNC(C)Cc2ccc(OC)cc2)[C@H](C)[C@H]1O[C@@H]1O[C@H](C)C[C@H](N(C)C)[C@H]1O. The number of ether oxygens (including phenoxy) is 6. The van der Waals surface area contributed by atoms with Gasteiger partial charge in [-0.25, -0.2) is 0 Å². The molecule has 1 aromatic carbocycles. The molecule has 2 aliphatic heterocycles. The summed E-state index contributed by atoms with van der Waals surface area (Å²) < 4.78 is 37.2. The average Bonchev–Trinajstić information content (AvgIpc) is 3.19. The van der Waals surface area contributed by atoms with Crippen LogP contribution in [0.25, 0.3) is 0 Å². The number of cyclic esters (lactones) is 1. The fraction of sp³-hybridized carbons (Fsp3) is 0.756. The van der Waals surface area contributed by atoms with Crippen molar-refractivity contribution in [3.05, 3.63) is 42.5 Å². The van der Waals surface area contributed by atoms with Gasteiger partial charge in [-0.1, -0.05) is 39.0 Å². The van der Waals surface area contributed by atoms with E-state index >= 15 is 0 Å². The van der Waals surface area contributed by atoms with Gasteiger partial charge in [0.1, 0.15) is 29.7 Å². The normalized spacial score (nSPS) is 36.6. The van der Waals surface area contributed by atoms with Crippen LogP contribution in [-0.2, 0) is 44.5 Å². The summed E-state index contributed by atoms with van der Waals surface area (Å²) in [4.78, 5) is 43.7. The number of benzene rings is 1. The molecular formula is C45H75N3O12. The Bertz CT molecular complexity index is 1530. The predicted octanol–water partition coefficient (Wildman–Crippen LogP) is 3.54. The number of carbonyl (C=O) groups is 3. The molecular weight excluding hydrogens is 775 g/mol. The number of rotatable bonds is 15. The van der Waals surface area contributed by atoms with E-state index in [-0.39, 0.29) is 50.6 Å². The van der Waals surface area contributed by atoms with E-state index in [1.54, 1.807) is 47.8 Å².